The van der Waals surface area contributed by atoms with Crippen molar-refractivity contribution < 1.29 is 9.53 Å². The van der Waals surface area contributed by atoms with Gasteiger partial charge in [0.05, 0.1) is 7.11 Å². The van der Waals surface area contributed by atoms with Gasteiger partial charge in [0.25, 0.3) is 0 Å². The molecule has 0 aliphatic rings. The number of methoxy groups -OCH3 is 1. The van der Waals surface area contributed by atoms with Crippen molar-refractivity contribution in [3.05, 3.63) is 56.7 Å². The Balaban J connectivity index is 2.26. The number of benzene rings is 1. The molecule has 0 saturated carbocycles. The molecule has 19 heavy (non-hydrogen) atoms. The highest BCUT2D eigenvalue weighted by atomic mass is 79.9. The van der Waals surface area contributed by atoms with Gasteiger partial charge in [0.15, 0.2) is 5.78 Å². The van der Waals surface area contributed by atoms with Gasteiger partial charge in [-0.05, 0) is 40.2 Å². The highest BCUT2D eigenvalue weighted by molar-refractivity contribution is 9.10. The molecule has 0 aliphatic carbocycles. The van der Waals surface area contributed by atoms with Gasteiger partial charge in [0.1, 0.15) is 5.75 Å². The Morgan fingerprint density at radius 2 is 2.00 bits per heavy atom. The first-order valence-electron chi connectivity index (χ1n) is 5.56. The van der Waals surface area contributed by atoms with Crippen LogP contribution in [0, 0.1) is 0 Å². The van der Waals surface area contributed by atoms with Crippen LogP contribution in [0.3, 0.4) is 0 Å². The minimum atomic E-state index is 0.00481. The third-order valence-electron chi connectivity index (χ3n) is 2.62. The number of hydrogen-bond acceptors (Lipinski definition) is 3. The lowest BCUT2D eigenvalue weighted by atomic mass is 10.0. The number of nitrogens with zero attached hydrogens (tertiary/aromatic N) is 1. The fourth-order valence-corrected chi connectivity index (χ4v) is 2.50. The Morgan fingerprint density at radius 1 is 1.21 bits per heavy atom. The summed E-state index contributed by atoms with van der Waals surface area (Å²) in [6.45, 7) is 0. The second-order valence-corrected chi connectivity index (χ2v) is 5.78. The van der Waals surface area contributed by atoms with E-state index in [1.165, 1.54) is 0 Å². The topological polar surface area (TPSA) is 39.2 Å². The number of ether oxygens (including phenoxy) is 1. The van der Waals surface area contributed by atoms with Crippen molar-refractivity contribution in [1.82, 2.24) is 4.98 Å². The molecule has 2 aromatic rings. The predicted molar refractivity (Wildman–Crippen MR) is 80.7 cm³/mol. The lowest BCUT2D eigenvalue weighted by molar-refractivity contribution is 0.0991. The SMILES string of the molecule is COc1ccc(Br)cc1CC(=O)c1cncc(Br)c1. The summed E-state index contributed by atoms with van der Waals surface area (Å²) in [5.41, 5.74) is 1.43. The lowest BCUT2D eigenvalue weighted by Crippen LogP contribution is -2.05. The Morgan fingerprint density at radius 3 is 2.68 bits per heavy atom. The Hall–Kier alpha value is -1.20. The van der Waals surface area contributed by atoms with Gasteiger partial charge in [-0.15, -0.1) is 0 Å². The van der Waals surface area contributed by atoms with Gasteiger partial charge in [0.2, 0.25) is 0 Å². The third-order valence-corrected chi connectivity index (χ3v) is 3.55. The molecular weight excluding hydrogens is 374 g/mol. The van der Waals surface area contributed by atoms with Crippen LogP contribution >= 0.6 is 31.9 Å². The van der Waals surface area contributed by atoms with E-state index in [1.807, 2.05) is 18.2 Å². The average Bonchev–Trinajstić information content (AvgIpc) is 2.39. The van der Waals surface area contributed by atoms with E-state index in [9.17, 15) is 4.79 Å². The van der Waals surface area contributed by atoms with Crippen LogP contribution in [0.2, 0.25) is 0 Å². The van der Waals surface area contributed by atoms with Crippen molar-refractivity contribution in [1.29, 1.82) is 0 Å². The van der Waals surface area contributed by atoms with Gasteiger partial charge >= 0.3 is 0 Å². The van der Waals surface area contributed by atoms with Crippen molar-refractivity contribution in [2.75, 3.05) is 7.11 Å². The summed E-state index contributed by atoms with van der Waals surface area (Å²) < 4.78 is 6.97. The normalized spacial score (nSPS) is 10.3. The quantitative estimate of drug-likeness (QED) is 0.746. The van der Waals surface area contributed by atoms with Gasteiger partial charge in [0, 0.05) is 38.9 Å². The summed E-state index contributed by atoms with van der Waals surface area (Å²) in [7, 11) is 1.60. The van der Waals surface area contributed by atoms with E-state index in [2.05, 4.69) is 36.8 Å². The molecular formula is C14H11Br2NO2. The summed E-state index contributed by atoms with van der Waals surface area (Å²) >= 11 is 6.71. The average molecular weight is 385 g/mol. The van der Waals surface area contributed by atoms with Crippen molar-refractivity contribution in [2.45, 2.75) is 6.42 Å². The Kier molecular flexibility index (Phi) is 4.71. The molecule has 2 rings (SSSR count). The van der Waals surface area contributed by atoms with Crippen molar-refractivity contribution in [3.63, 3.8) is 0 Å². The minimum absolute atomic E-state index is 0.00481. The zero-order valence-corrected chi connectivity index (χ0v) is 13.4. The number of hydrogen-bond donors (Lipinski definition) is 0. The monoisotopic (exact) mass is 383 g/mol. The molecule has 5 heteroatoms. The minimum Gasteiger partial charge on any atom is -0.496 e. The van der Waals surface area contributed by atoms with Crippen LogP contribution < -0.4 is 4.74 Å². The molecule has 98 valence electrons. The molecule has 1 heterocycles. The summed E-state index contributed by atoms with van der Waals surface area (Å²) in [4.78, 5) is 16.2. The van der Waals surface area contributed by atoms with Gasteiger partial charge < -0.3 is 4.74 Å². The smallest absolute Gasteiger partial charge is 0.168 e. The number of Topliss-reactive ketones (excluding diaryl/α,β-unsaturated/α-hetero) is 1. The number of rotatable bonds is 4. The first-order valence-corrected chi connectivity index (χ1v) is 7.15. The first kappa shape index (κ1) is 14.2. The number of carbonyl (C=O) groups is 1. The maximum atomic E-state index is 12.2. The fraction of sp³-hybridized carbons (Fsp3) is 0.143. The van der Waals surface area contributed by atoms with E-state index in [4.69, 9.17) is 4.74 Å². The second kappa shape index (κ2) is 6.30. The number of aromatic nitrogens is 1. The van der Waals surface area contributed by atoms with E-state index in [-0.39, 0.29) is 12.2 Å². The molecule has 0 saturated heterocycles. The summed E-state index contributed by atoms with van der Waals surface area (Å²) in [6.07, 6.45) is 3.49. The highest BCUT2D eigenvalue weighted by Crippen LogP contribution is 2.24. The highest BCUT2D eigenvalue weighted by Gasteiger charge is 2.12. The van der Waals surface area contributed by atoms with E-state index < -0.39 is 0 Å². The van der Waals surface area contributed by atoms with E-state index in [0.29, 0.717) is 11.3 Å². The van der Waals surface area contributed by atoms with Gasteiger partial charge in [-0.25, -0.2) is 0 Å². The molecule has 0 unspecified atom stereocenters. The van der Waals surface area contributed by atoms with Gasteiger partial charge in [-0.1, -0.05) is 15.9 Å². The van der Waals surface area contributed by atoms with Gasteiger partial charge in [-0.2, -0.15) is 0 Å². The van der Waals surface area contributed by atoms with Crippen LogP contribution in [0.15, 0.2) is 45.6 Å². The summed E-state index contributed by atoms with van der Waals surface area (Å²) in [5.74, 6) is 0.713. The van der Waals surface area contributed by atoms with Crippen LogP contribution in [-0.2, 0) is 6.42 Å². The van der Waals surface area contributed by atoms with Crippen molar-refractivity contribution >= 4 is 37.6 Å². The number of pyridine rings is 1. The molecule has 0 radical (unpaired) electrons. The maximum absolute atomic E-state index is 12.2. The molecule has 0 fully saturated rings. The number of ketones is 1. The molecule has 0 bridgehead atoms. The molecule has 0 N–H and O–H groups in total. The predicted octanol–water partition coefficient (Wildman–Crippen LogP) is 4.04. The van der Waals surface area contributed by atoms with Crippen LogP contribution in [0.25, 0.3) is 0 Å². The molecule has 0 spiro atoms. The molecule has 0 amide bonds. The molecule has 1 aromatic heterocycles. The Bertz CT molecular complexity index is 614. The molecule has 1 aromatic carbocycles. The van der Waals surface area contributed by atoms with E-state index >= 15 is 0 Å². The van der Waals surface area contributed by atoms with Crippen molar-refractivity contribution in [3.8, 4) is 5.75 Å². The van der Waals surface area contributed by atoms with Crippen LogP contribution in [-0.4, -0.2) is 17.9 Å². The zero-order chi connectivity index (χ0) is 13.8. The zero-order valence-electron chi connectivity index (χ0n) is 10.2. The third kappa shape index (κ3) is 3.64. The van der Waals surface area contributed by atoms with E-state index in [0.717, 1.165) is 14.5 Å². The maximum Gasteiger partial charge on any atom is 0.168 e. The summed E-state index contributed by atoms with van der Waals surface area (Å²) in [6, 6.07) is 7.38. The fourth-order valence-electron chi connectivity index (χ4n) is 1.72. The standard InChI is InChI=1S/C14H11Br2NO2/c1-19-14-3-2-11(15)4-9(14)6-13(18)10-5-12(16)8-17-7-10/h2-5,7-8H,6H2,1H3. The van der Waals surface area contributed by atoms with Crippen LogP contribution in [0.5, 0.6) is 5.75 Å². The number of halogens is 2. The molecule has 3 nitrogen and oxygen atoms in total. The Labute approximate surface area is 128 Å². The molecule has 0 atom stereocenters. The lowest BCUT2D eigenvalue weighted by Gasteiger charge is -2.08. The van der Waals surface area contributed by atoms with Crippen LogP contribution in [0.1, 0.15) is 15.9 Å². The van der Waals surface area contributed by atoms with Gasteiger partial charge in [-0.3, -0.25) is 9.78 Å². The van der Waals surface area contributed by atoms with E-state index in [1.54, 1.807) is 25.6 Å². The number of carbonyl (C=O) groups excluding carboxylic acids is 1. The largest absolute Gasteiger partial charge is 0.496 e. The van der Waals surface area contributed by atoms with Crippen LogP contribution in [0.4, 0.5) is 0 Å². The molecule has 0 aliphatic heterocycles. The first-order chi connectivity index (χ1) is 9.10. The summed E-state index contributed by atoms with van der Waals surface area (Å²) in [5, 5.41) is 0. The second-order valence-electron chi connectivity index (χ2n) is 3.95. The van der Waals surface area contributed by atoms with Crippen molar-refractivity contribution in [2.24, 2.45) is 0 Å².